The van der Waals surface area contributed by atoms with E-state index >= 15 is 0 Å². The molecule has 1 nitrogen and oxygen atoms in total. The summed E-state index contributed by atoms with van der Waals surface area (Å²) in [6.45, 7) is 2.16. The first-order chi connectivity index (χ1) is 6.36. The van der Waals surface area contributed by atoms with Gasteiger partial charge in [-0.05, 0) is 24.3 Å². The largest absolute Gasteiger partial charge is 0.303 e. The summed E-state index contributed by atoms with van der Waals surface area (Å²) >= 11 is 1.74. The first-order valence-electron chi connectivity index (χ1n) is 4.84. The first-order valence-corrected chi connectivity index (χ1v) is 5.72. The Hall–Kier alpha value is -0.630. The van der Waals surface area contributed by atoms with Crippen molar-refractivity contribution >= 4 is 17.6 Å². The predicted molar refractivity (Wildman–Crippen MR) is 57.1 cm³/mol. The summed E-state index contributed by atoms with van der Waals surface area (Å²) in [7, 11) is 0. The Morgan fingerprint density at radius 1 is 1.62 bits per heavy atom. The average Bonchev–Trinajstić information content (AvgIpc) is 2.64. The summed E-state index contributed by atoms with van der Waals surface area (Å²) < 4.78 is 0. The lowest BCUT2D eigenvalue weighted by Gasteiger charge is -2.06. The Bertz CT molecular complexity index is 228. The van der Waals surface area contributed by atoms with Crippen LogP contribution in [0.4, 0.5) is 0 Å². The predicted octanol–water partition coefficient (Wildman–Crippen LogP) is 3.30. The molecule has 0 radical (unpaired) electrons. The number of hydrogen-bond acceptors (Lipinski definition) is 2. The summed E-state index contributed by atoms with van der Waals surface area (Å²) in [5.41, 5.74) is 0. The van der Waals surface area contributed by atoms with E-state index in [0.717, 1.165) is 25.5 Å². The summed E-state index contributed by atoms with van der Waals surface area (Å²) in [4.78, 5) is 12.1. The van der Waals surface area contributed by atoms with E-state index in [2.05, 4.69) is 18.4 Å². The molecular formula is C11H16OS. The van der Waals surface area contributed by atoms with Crippen LogP contribution in [0.3, 0.4) is 0 Å². The van der Waals surface area contributed by atoms with Crippen LogP contribution < -0.4 is 0 Å². The van der Waals surface area contributed by atoms with E-state index in [4.69, 9.17) is 0 Å². The van der Waals surface area contributed by atoms with Crippen LogP contribution in [0.25, 0.3) is 0 Å². The fraction of sp³-hybridized carbons (Fsp3) is 0.545. The molecule has 0 aromatic carbocycles. The van der Waals surface area contributed by atoms with Gasteiger partial charge in [0, 0.05) is 10.8 Å². The molecule has 0 aliphatic carbocycles. The molecule has 0 fully saturated rings. The normalized spacial score (nSPS) is 12.7. The third-order valence-electron chi connectivity index (χ3n) is 2.16. The van der Waals surface area contributed by atoms with Crippen LogP contribution >= 0.6 is 11.3 Å². The van der Waals surface area contributed by atoms with E-state index in [0.29, 0.717) is 0 Å². The van der Waals surface area contributed by atoms with Gasteiger partial charge in [0.15, 0.2) is 0 Å². The molecule has 0 aliphatic heterocycles. The van der Waals surface area contributed by atoms with Gasteiger partial charge in [0.25, 0.3) is 0 Å². The SMILES string of the molecule is CCCCC(C=O)Cc1cccs1. The lowest BCUT2D eigenvalue weighted by Crippen LogP contribution is -2.04. The highest BCUT2D eigenvalue weighted by Gasteiger charge is 2.07. The maximum absolute atomic E-state index is 10.7. The van der Waals surface area contributed by atoms with E-state index in [1.807, 2.05) is 6.07 Å². The molecule has 72 valence electrons. The summed E-state index contributed by atoms with van der Waals surface area (Å²) in [6, 6.07) is 4.15. The van der Waals surface area contributed by atoms with Crippen molar-refractivity contribution in [2.75, 3.05) is 0 Å². The van der Waals surface area contributed by atoms with E-state index in [-0.39, 0.29) is 5.92 Å². The van der Waals surface area contributed by atoms with E-state index < -0.39 is 0 Å². The molecule has 1 rings (SSSR count). The maximum Gasteiger partial charge on any atom is 0.123 e. The highest BCUT2D eigenvalue weighted by molar-refractivity contribution is 7.09. The van der Waals surface area contributed by atoms with Crippen LogP contribution in [0.1, 0.15) is 31.1 Å². The number of carbonyl (C=O) groups excluding carboxylic acids is 1. The molecule has 1 aromatic heterocycles. The highest BCUT2D eigenvalue weighted by atomic mass is 32.1. The second kappa shape index (κ2) is 5.92. The summed E-state index contributed by atoms with van der Waals surface area (Å²) in [5.74, 6) is 0.235. The van der Waals surface area contributed by atoms with Gasteiger partial charge < -0.3 is 4.79 Å². The van der Waals surface area contributed by atoms with Crippen molar-refractivity contribution in [2.24, 2.45) is 5.92 Å². The van der Waals surface area contributed by atoms with Crippen molar-refractivity contribution in [1.82, 2.24) is 0 Å². The van der Waals surface area contributed by atoms with Gasteiger partial charge in [0.05, 0.1) is 0 Å². The Morgan fingerprint density at radius 3 is 3.00 bits per heavy atom. The molecule has 2 heteroatoms. The van der Waals surface area contributed by atoms with Crippen molar-refractivity contribution < 1.29 is 4.79 Å². The minimum atomic E-state index is 0.235. The number of carbonyl (C=O) groups is 1. The van der Waals surface area contributed by atoms with Gasteiger partial charge in [-0.15, -0.1) is 11.3 Å². The number of aldehydes is 1. The zero-order chi connectivity index (χ0) is 9.52. The molecule has 0 bridgehead atoms. The lowest BCUT2D eigenvalue weighted by molar-refractivity contribution is -0.111. The Morgan fingerprint density at radius 2 is 2.46 bits per heavy atom. The number of thiophene rings is 1. The molecule has 1 aromatic rings. The maximum atomic E-state index is 10.7. The smallest absolute Gasteiger partial charge is 0.123 e. The second-order valence-electron chi connectivity index (χ2n) is 3.32. The Labute approximate surface area is 83.8 Å². The monoisotopic (exact) mass is 196 g/mol. The average molecular weight is 196 g/mol. The van der Waals surface area contributed by atoms with Gasteiger partial charge in [-0.2, -0.15) is 0 Å². The second-order valence-corrected chi connectivity index (χ2v) is 4.35. The summed E-state index contributed by atoms with van der Waals surface area (Å²) in [5, 5.41) is 2.07. The van der Waals surface area contributed by atoms with Crippen molar-refractivity contribution in [3.8, 4) is 0 Å². The van der Waals surface area contributed by atoms with Crippen LogP contribution in [0.5, 0.6) is 0 Å². The van der Waals surface area contributed by atoms with Crippen LogP contribution in [0.2, 0.25) is 0 Å². The Balaban J connectivity index is 2.35. The molecule has 1 heterocycles. The fourth-order valence-corrected chi connectivity index (χ4v) is 2.17. The quantitative estimate of drug-likeness (QED) is 0.638. The van der Waals surface area contributed by atoms with Gasteiger partial charge in [-0.1, -0.05) is 25.8 Å². The zero-order valence-corrected chi connectivity index (χ0v) is 8.85. The number of hydrogen-bond donors (Lipinski definition) is 0. The van der Waals surface area contributed by atoms with Gasteiger partial charge in [-0.25, -0.2) is 0 Å². The molecule has 13 heavy (non-hydrogen) atoms. The topological polar surface area (TPSA) is 17.1 Å². The molecule has 0 spiro atoms. The summed E-state index contributed by atoms with van der Waals surface area (Å²) in [6.07, 6.45) is 5.41. The van der Waals surface area contributed by atoms with E-state index in [1.165, 1.54) is 11.3 Å². The van der Waals surface area contributed by atoms with Gasteiger partial charge in [0.1, 0.15) is 6.29 Å². The standard InChI is InChI=1S/C11H16OS/c1-2-3-5-10(9-12)8-11-6-4-7-13-11/h4,6-7,9-10H,2-3,5,8H2,1H3. The third-order valence-corrected chi connectivity index (χ3v) is 3.06. The van der Waals surface area contributed by atoms with Crippen molar-refractivity contribution in [1.29, 1.82) is 0 Å². The lowest BCUT2D eigenvalue weighted by atomic mass is 9.99. The Kier molecular flexibility index (Phi) is 4.76. The zero-order valence-electron chi connectivity index (χ0n) is 8.03. The molecule has 0 N–H and O–H groups in total. The molecule has 0 amide bonds. The first kappa shape index (κ1) is 10.5. The molecule has 1 unspecified atom stereocenters. The van der Waals surface area contributed by atoms with Crippen molar-refractivity contribution in [2.45, 2.75) is 32.6 Å². The minimum Gasteiger partial charge on any atom is -0.303 e. The fourth-order valence-electron chi connectivity index (χ4n) is 1.37. The van der Waals surface area contributed by atoms with E-state index in [9.17, 15) is 4.79 Å². The molecule has 1 atom stereocenters. The minimum absolute atomic E-state index is 0.235. The van der Waals surface area contributed by atoms with Crippen LogP contribution in [-0.4, -0.2) is 6.29 Å². The molecule has 0 saturated heterocycles. The van der Waals surface area contributed by atoms with Gasteiger partial charge >= 0.3 is 0 Å². The molecule has 0 saturated carbocycles. The number of rotatable bonds is 6. The van der Waals surface area contributed by atoms with Crippen molar-refractivity contribution in [3.05, 3.63) is 22.4 Å². The van der Waals surface area contributed by atoms with E-state index in [1.54, 1.807) is 11.3 Å². The van der Waals surface area contributed by atoms with Crippen LogP contribution in [-0.2, 0) is 11.2 Å². The van der Waals surface area contributed by atoms with Crippen molar-refractivity contribution in [3.63, 3.8) is 0 Å². The molecular weight excluding hydrogens is 180 g/mol. The van der Waals surface area contributed by atoms with Gasteiger partial charge in [-0.3, -0.25) is 0 Å². The van der Waals surface area contributed by atoms with Crippen LogP contribution in [0.15, 0.2) is 17.5 Å². The number of unbranched alkanes of at least 4 members (excludes halogenated alkanes) is 1. The third kappa shape index (κ3) is 3.73. The highest BCUT2D eigenvalue weighted by Crippen LogP contribution is 2.17. The molecule has 0 aliphatic rings. The van der Waals surface area contributed by atoms with Crippen LogP contribution in [0, 0.1) is 5.92 Å². The van der Waals surface area contributed by atoms with Gasteiger partial charge in [0.2, 0.25) is 0 Å².